The van der Waals surface area contributed by atoms with Crippen molar-refractivity contribution in [1.82, 2.24) is 15.0 Å². The number of aromatic nitrogens is 3. The molecule has 0 radical (unpaired) electrons. The van der Waals surface area contributed by atoms with Crippen molar-refractivity contribution in [3.63, 3.8) is 0 Å². The van der Waals surface area contributed by atoms with Gasteiger partial charge in [0, 0.05) is 0 Å². The van der Waals surface area contributed by atoms with Gasteiger partial charge in [0.15, 0.2) is 0 Å². The molecule has 4 saturated carbocycles. The molecule has 2 atom stereocenters. The summed E-state index contributed by atoms with van der Waals surface area (Å²) in [6, 6.07) is 8.46. The molecule has 4 aliphatic carbocycles. The van der Waals surface area contributed by atoms with E-state index in [1.54, 1.807) is 0 Å². The van der Waals surface area contributed by atoms with Crippen molar-refractivity contribution >= 4 is 11.0 Å². The molecule has 6 rings (SSSR count). The number of para-hydroxylation sites is 1. The zero-order valence-electron chi connectivity index (χ0n) is 13.0. The van der Waals surface area contributed by atoms with Crippen LogP contribution in [-0.4, -0.2) is 15.0 Å². The van der Waals surface area contributed by atoms with Crippen molar-refractivity contribution in [2.24, 2.45) is 16.7 Å². The fourth-order valence-corrected chi connectivity index (χ4v) is 6.84. The monoisotopic (exact) mass is 281 g/mol. The highest BCUT2D eigenvalue weighted by molar-refractivity contribution is 5.74. The van der Waals surface area contributed by atoms with Gasteiger partial charge in [-0.1, -0.05) is 31.2 Å². The Morgan fingerprint density at radius 3 is 2.43 bits per heavy atom. The molecule has 1 aromatic carbocycles. The SMILES string of the molecule is CC12CC3CC(C)(C1)CC(n1nnc4ccccc41)(C3)C2. The van der Waals surface area contributed by atoms with Gasteiger partial charge in [-0.05, 0) is 67.4 Å². The number of benzene rings is 1. The highest BCUT2D eigenvalue weighted by Gasteiger charge is 2.61. The molecule has 0 spiro atoms. The van der Waals surface area contributed by atoms with Gasteiger partial charge in [-0.2, -0.15) is 0 Å². The molecule has 3 heteroatoms. The summed E-state index contributed by atoms with van der Waals surface area (Å²) in [6.07, 6.45) is 8.16. The number of rotatable bonds is 1. The van der Waals surface area contributed by atoms with Crippen molar-refractivity contribution in [3.05, 3.63) is 24.3 Å². The molecule has 0 aliphatic heterocycles. The average Bonchev–Trinajstić information content (AvgIpc) is 2.78. The van der Waals surface area contributed by atoms with Gasteiger partial charge in [-0.3, -0.25) is 0 Å². The molecule has 4 fully saturated rings. The highest BCUT2D eigenvalue weighted by Crippen LogP contribution is 2.68. The molecule has 1 aromatic heterocycles. The lowest BCUT2D eigenvalue weighted by Crippen LogP contribution is -2.59. The molecule has 110 valence electrons. The summed E-state index contributed by atoms with van der Waals surface area (Å²) in [5, 5.41) is 9.05. The quantitative estimate of drug-likeness (QED) is 0.786. The third kappa shape index (κ3) is 1.55. The highest BCUT2D eigenvalue weighted by atomic mass is 15.5. The second kappa shape index (κ2) is 3.50. The van der Waals surface area contributed by atoms with Gasteiger partial charge in [0.2, 0.25) is 0 Å². The lowest BCUT2D eigenvalue weighted by molar-refractivity contribution is -0.138. The second-order valence-corrected chi connectivity index (χ2v) is 8.84. The predicted octanol–water partition coefficient (Wildman–Crippen LogP) is 4.14. The van der Waals surface area contributed by atoms with Crippen LogP contribution in [0.1, 0.15) is 52.4 Å². The van der Waals surface area contributed by atoms with Crippen molar-refractivity contribution in [1.29, 1.82) is 0 Å². The van der Waals surface area contributed by atoms with Crippen LogP contribution in [0.4, 0.5) is 0 Å². The Balaban J connectivity index is 1.71. The fourth-order valence-electron chi connectivity index (χ4n) is 6.84. The van der Waals surface area contributed by atoms with Gasteiger partial charge < -0.3 is 0 Å². The van der Waals surface area contributed by atoms with Crippen LogP contribution in [0, 0.1) is 16.7 Å². The topological polar surface area (TPSA) is 30.7 Å². The normalized spacial score (nSPS) is 44.6. The first-order valence-electron chi connectivity index (χ1n) is 8.30. The van der Waals surface area contributed by atoms with E-state index < -0.39 is 0 Å². The maximum atomic E-state index is 4.61. The van der Waals surface area contributed by atoms with E-state index in [1.807, 2.05) is 0 Å². The first-order chi connectivity index (χ1) is 10.00. The molecule has 1 heterocycles. The van der Waals surface area contributed by atoms with Crippen molar-refractivity contribution in [3.8, 4) is 0 Å². The Bertz CT molecular complexity index is 713. The summed E-state index contributed by atoms with van der Waals surface area (Å²) >= 11 is 0. The summed E-state index contributed by atoms with van der Waals surface area (Å²) < 4.78 is 2.31. The third-order valence-electron chi connectivity index (χ3n) is 6.40. The first-order valence-corrected chi connectivity index (χ1v) is 8.30. The lowest BCUT2D eigenvalue weighted by atomic mass is 9.43. The Morgan fingerprint density at radius 2 is 1.71 bits per heavy atom. The van der Waals surface area contributed by atoms with Gasteiger partial charge >= 0.3 is 0 Å². The van der Waals surface area contributed by atoms with E-state index >= 15 is 0 Å². The molecule has 0 N–H and O–H groups in total. The van der Waals surface area contributed by atoms with Crippen LogP contribution in [0.5, 0.6) is 0 Å². The van der Waals surface area contributed by atoms with E-state index in [0.717, 1.165) is 11.4 Å². The Morgan fingerprint density at radius 1 is 1.00 bits per heavy atom. The minimum Gasteiger partial charge on any atom is -0.239 e. The van der Waals surface area contributed by atoms with Gasteiger partial charge in [-0.25, -0.2) is 4.68 Å². The van der Waals surface area contributed by atoms with Gasteiger partial charge in [0.25, 0.3) is 0 Å². The first kappa shape index (κ1) is 12.2. The minimum absolute atomic E-state index is 0.221. The zero-order valence-corrected chi connectivity index (χ0v) is 13.0. The van der Waals surface area contributed by atoms with Crippen LogP contribution in [0.2, 0.25) is 0 Å². The zero-order chi connectivity index (χ0) is 14.3. The molecule has 21 heavy (non-hydrogen) atoms. The molecule has 3 nitrogen and oxygen atoms in total. The Kier molecular flexibility index (Phi) is 2.03. The van der Waals surface area contributed by atoms with E-state index in [2.05, 4.69) is 53.1 Å². The Hall–Kier alpha value is -1.38. The Labute approximate surface area is 125 Å². The fraction of sp³-hybridized carbons (Fsp3) is 0.667. The van der Waals surface area contributed by atoms with E-state index in [-0.39, 0.29) is 5.54 Å². The van der Waals surface area contributed by atoms with Gasteiger partial charge in [-0.15, -0.1) is 5.10 Å². The van der Waals surface area contributed by atoms with Crippen molar-refractivity contribution in [2.75, 3.05) is 0 Å². The number of nitrogens with zero attached hydrogens (tertiary/aromatic N) is 3. The van der Waals surface area contributed by atoms with Crippen LogP contribution in [0.25, 0.3) is 11.0 Å². The van der Waals surface area contributed by atoms with E-state index in [0.29, 0.717) is 10.8 Å². The number of hydrogen-bond donors (Lipinski definition) is 0. The molecule has 2 aromatic rings. The van der Waals surface area contributed by atoms with Crippen LogP contribution in [-0.2, 0) is 5.54 Å². The maximum Gasteiger partial charge on any atom is 0.113 e. The van der Waals surface area contributed by atoms with Crippen molar-refractivity contribution in [2.45, 2.75) is 57.9 Å². The largest absolute Gasteiger partial charge is 0.239 e. The third-order valence-corrected chi connectivity index (χ3v) is 6.40. The van der Waals surface area contributed by atoms with E-state index in [4.69, 9.17) is 0 Å². The summed E-state index contributed by atoms with van der Waals surface area (Å²) in [6.45, 7) is 5.03. The number of hydrogen-bond acceptors (Lipinski definition) is 2. The van der Waals surface area contributed by atoms with E-state index in [1.165, 1.54) is 44.0 Å². The minimum atomic E-state index is 0.221. The summed E-state index contributed by atoms with van der Waals surface area (Å²) in [7, 11) is 0. The average molecular weight is 281 g/mol. The van der Waals surface area contributed by atoms with Crippen LogP contribution >= 0.6 is 0 Å². The molecule has 0 amide bonds. The molecule has 2 unspecified atom stereocenters. The molecular weight excluding hydrogens is 258 g/mol. The maximum absolute atomic E-state index is 4.61. The van der Waals surface area contributed by atoms with Crippen LogP contribution in [0.15, 0.2) is 24.3 Å². The summed E-state index contributed by atoms with van der Waals surface area (Å²) in [5.41, 5.74) is 3.52. The molecule has 0 saturated heterocycles. The molecule has 4 aliphatic rings. The predicted molar refractivity (Wildman–Crippen MR) is 82.9 cm³/mol. The summed E-state index contributed by atoms with van der Waals surface area (Å²) in [4.78, 5) is 0. The second-order valence-electron chi connectivity index (χ2n) is 8.84. The van der Waals surface area contributed by atoms with E-state index in [9.17, 15) is 0 Å². The van der Waals surface area contributed by atoms with Gasteiger partial charge in [0.05, 0.1) is 11.1 Å². The molecular formula is C18H23N3. The molecule has 4 bridgehead atoms. The van der Waals surface area contributed by atoms with Crippen LogP contribution < -0.4 is 0 Å². The van der Waals surface area contributed by atoms with Gasteiger partial charge in [0.1, 0.15) is 5.52 Å². The smallest absolute Gasteiger partial charge is 0.113 e. The summed E-state index contributed by atoms with van der Waals surface area (Å²) in [5.74, 6) is 0.888. The lowest BCUT2D eigenvalue weighted by Gasteiger charge is -2.65. The standard InChI is InChI=1S/C18H23N3/c1-16-7-13-8-17(2,10-16)12-18(9-13,11-16)21-15-6-4-3-5-14(15)19-20-21/h3-6,13H,7-12H2,1-2H3. The number of fused-ring (bicyclic) bond motifs is 1. The van der Waals surface area contributed by atoms with Crippen molar-refractivity contribution < 1.29 is 0 Å². The van der Waals surface area contributed by atoms with Crippen LogP contribution in [0.3, 0.4) is 0 Å².